The molecule has 0 saturated heterocycles. The molecule has 0 bridgehead atoms. The van der Waals surface area contributed by atoms with E-state index in [0.29, 0.717) is 32.7 Å². The summed E-state index contributed by atoms with van der Waals surface area (Å²) in [4.78, 5) is 12.0. The van der Waals surface area contributed by atoms with Gasteiger partial charge >= 0.3 is 0 Å². The minimum absolute atomic E-state index is 0.0793. The number of furan rings is 1. The lowest BCUT2D eigenvalue weighted by molar-refractivity contribution is 0.104. The molecule has 23 heavy (non-hydrogen) atoms. The Bertz CT molecular complexity index is 864. The van der Waals surface area contributed by atoms with E-state index >= 15 is 0 Å². The lowest BCUT2D eigenvalue weighted by Gasteiger charge is -2.01. The van der Waals surface area contributed by atoms with Gasteiger partial charge in [-0.2, -0.15) is 0 Å². The van der Waals surface area contributed by atoms with Crippen LogP contribution in [0.5, 0.6) is 0 Å². The van der Waals surface area contributed by atoms with Crippen molar-refractivity contribution >= 4 is 35.1 Å². The number of carbonyl (C=O) groups excluding carboxylic acids is 1. The summed E-state index contributed by atoms with van der Waals surface area (Å²) in [6.45, 7) is 0. The largest absolute Gasteiger partial charge is 0.457 e. The topological polar surface area (TPSA) is 30.2 Å². The number of halogens is 2. The minimum Gasteiger partial charge on any atom is -0.457 e. The second kappa shape index (κ2) is 6.86. The van der Waals surface area contributed by atoms with Crippen molar-refractivity contribution in [3.63, 3.8) is 0 Å². The number of carbonyl (C=O) groups is 1. The highest BCUT2D eigenvalue weighted by Crippen LogP contribution is 2.32. The van der Waals surface area contributed by atoms with Crippen molar-refractivity contribution in [3.8, 4) is 11.3 Å². The SMILES string of the molecule is O=C(/C=C\c1ccc(-c2cc(Cl)ccc2Cl)o1)c1ccccc1. The fourth-order valence-electron chi connectivity index (χ4n) is 2.13. The standard InChI is InChI=1S/C19H12Cl2O2/c20-14-6-9-17(21)16(12-14)19-11-8-15(23-19)7-10-18(22)13-4-2-1-3-5-13/h1-12H/b10-7-. The molecular formula is C19H12Cl2O2. The van der Waals surface area contributed by atoms with Crippen LogP contribution in [0.15, 0.2) is 71.2 Å². The van der Waals surface area contributed by atoms with Crippen LogP contribution in [0.1, 0.15) is 16.1 Å². The highest BCUT2D eigenvalue weighted by Gasteiger charge is 2.09. The van der Waals surface area contributed by atoms with Gasteiger partial charge in [-0.15, -0.1) is 0 Å². The molecule has 2 nitrogen and oxygen atoms in total. The van der Waals surface area contributed by atoms with Crippen LogP contribution in [0, 0.1) is 0 Å². The highest BCUT2D eigenvalue weighted by atomic mass is 35.5. The van der Waals surface area contributed by atoms with Crippen molar-refractivity contribution in [3.05, 3.63) is 88.1 Å². The molecule has 0 fully saturated rings. The predicted molar refractivity (Wildman–Crippen MR) is 94.0 cm³/mol. The van der Waals surface area contributed by atoms with Crippen LogP contribution < -0.4 is 0 Å². The van der Waals surface area contributed by atoms with Crippen molar-refractivity contribution in [1.29, 1.82) is 0 Å². The Morgan fingerprint density at radius 3 is 2.52 bits per heavy atom. The van der Waals surface area contributed by atoms with Crippen LogP contribution in [0.25, 0.3) is 17.4 Å². The first-order valence-electron chi connectivity index (χ1n) is 6.96. The number of allylic oxidation sites excluding steroid dienone is 1. The number of benzene rings is 2. The van der Waals surface area contributed by atoms with E-state index < -0.39 is 0 Å². The maximum atomic E-state index is 12.0. The zero-order chi connectivity index (χ0) is 16.2. The molecule has 1 aromatic heterocycles. The van der Waals surface area contributed by atoms with Gasteiger partial charge < -0.3 is 4.42 Å². The van der Waals surface area contributed by atoms with Gasteiger partial charge in [-0.25, -0.2) is 0 Å². The predicted octanol–water partition coefficient (Wildman–Crippen LogP) is 6.15. The fraction of sp³-hybridized carbons (Fsp3) is 0. The van der Waals surface area contributed by atoms with Crippen LogP contribution in [0.4, 0.5) is 0 Å². The summed E-state index contributed by atoms with van der Waals surface area (Å²) in [7, 11) is 0. The first-order valence-corrected chi connectivity index (χ1v) is 7.72. The zero-order valence-electron chi connectivity index (χ0n) is 12.0. The van der Waals surface area contributed by atoms with Crippen molar-refractivity contribution in [2.75, 3.05) is 0 Å². The zero-order valence-corrected chi connectivity index (χ0v) is 13.5. The summed E-state index contributed by atoms with van der Waals surface area (Å²) < 4.78 is 5.71. The van der Waals surface area contributed by atoms with E-state index in [1.54, 1.807) is 48.5 Å². The average Bonchev–Trinajstić information content (AvgIpc) is 3.04. The molecule has 0 atom stereocenters. The van der Waals surface area contributed by atoms with Crippen LogP contribution in [-0.4, -0.2) is 5.78 Å². The Balaban J connectivity index is 1.81. The monoisotopic (exact) mass is 342 g/mol. The first kappa shape index (κ1) is 15.6. The lowest BCUT2D eigenvalue weighted by atomic mass is 10.1. The third kappa shape index (κ3) is 3.73. The molecule has 0 aliphatic heterocycles. The number of rotatable bonds is 4. The Kier molecular flexibility index (Phi) is 4.65. The van der Waals surface area contributed by atoms with Gasteiger partial charge in [0, 0.05) is 16.1 Å². The lowest BCUT2D eigenvalue weighted by Crippen LogP contribution is -1.92. The van der Waals surface area contributed by atoms with E-state index in [2.05, 4.69) is 0 Å². The summed E-state index contributed by atoms with van der Waals surface area (Å²) in [5, 5.41) is 1.14. The summed E-state index contributed by atoms with van der Waals surface area (Å²) in [6.07, 6.45) is 3.12. The molecule has 4 heteroatoms. The molecule has 0 saturated carbocycles. The van der Waals surface area contributed by atoms with Gasteiger partial charge in [-0.3, -0.25) is 4.79 Å². The summed E-state index contributed by atoms with van der Waals surface area (Å²) in [6, 6.07) is 17.8. The summed E-state index contributed by atoms with van der Waals surface area (Å²) >= 11 is 12.1. The van der Waals surface area contributed by atoms with Gasteiger partial charge in [0.2, 0.25) is 0 Å². The molecule has 1 heterocycles. The summed E-state index contributed by atoms with van der Waals surface area (Å²) in [5.41, 5.74) is 1.35. The molecule has 0 aliphatic rings. The maximum Gasteiger partial charge on any atom is 0.185 e. The van der Waals surface area contributed by atoms with Gasteiger partial charge in [-0.05, 0) is 42.5 Å². The highest BCUT2D eigenvalue weighted by molar-refractivity contribution is 6.35. The second-order valence-electron chi connectivity index (χ2n) is 4.89. The smallest absolute Gasteiger partial charge is 0.185 e. The first-order chi connectivity index (χ1) is 11.1. The van der Waals surface area contributed by atoms with Crippen molar-refractivity contribution in [2.45, 2.75) is 0 Å². The minimum atomic E-state index is -0.0793. The van der Waals surface area contributed by atoms with Crippen LogP contribution in [-0.2, 0) is 0 Å². The van der Waals surface area contributed by atoms with Gasteiger partial charge in [-0.1, -0.05) is 53.5 Å². The molecule has 3 aromatic rings. The van der Waals surface area contributed by atoms with Crippen molar-refractivity contribution in [1.82, 2.24) is 0 Å². The van der Waals surface area contributed by atoms with Crippen LogP contribution in [0.2, 0.25) is 10.0 Å². The Morgan fingerprint density at radius 2 is 1.74 bits per heavy atom. The van der Waals surface area contributed by atoms with Crippen molar-refractivity contribution < 1.29 is 9.21 Å². The van der Waals surface area contributed by atoms with E-state index in [1.807, 2.05) is 18.2 Å². The summed E-state index contributed by atoms with van der Waals surface area (Å²) in [5.74, 6) is 1.09. The molecule has 2 aromatic carbocycles. The Morgan fingerprint density at radius 1 is 0.957 bits per heavy atom. The molecule has 3 rings (SSSR count). The maximum absolute atomic E-state index is 12.0. The number of hydrogen-bond acceptors (Lipinski definition) is 2. The van der Waals surface area contributed by atoms with E-state index in [0.717, 1.165) is 0 Å². The second-order valence-corrected chi connectivity index (χ2v) is 5.73. The van der Waals surface area contributed by atoms with Gasteiger partial charge in [0.1, 0.15) is 11.5 Å². The molecule has 0 radical (unpaired) electrons. The van der Waals surface area contributed by atoms with Crippen LogP contribution in [0.3, 0.4) is 0 Å². The normalized spacial score (nSPS) is 11.0. The molecule has 0 spiro atoms. The van der Waals surface area contributed by atoms with Gasteiger partial charge in [0.25, 0.3) is 0 Å². The van der Waals surface area contributed by atoms with Crippen LogP contribution >= 0.6 is 23.2 Å². The van der Waals surface area contributed by atoms with E-state index in [4.69, 9.17) is 27.6 Å². The third-order valence-electron chi connectivity index (χ3n) is 3.28. The molecule has 0 amide bonds. The molecule has 0 aliphatic carbocycles. The van der Waals surface area contributed by atoms with Gasteiger partial charge in [0.15, 0.2) is 5.78 Å². The van der Waals surface area contributed by atoms with E-state index in [1.165, 1.54) is 6.08 Å². The average molecular weight is 343 g/mol. The number of hydrogen-bond donors (Lipinski definition) is 0. The Labute approximate surface area is 144 Å². The van der Waals surface area contributed by atoms with Crippen molar-refractivity contribution in [2.24, 2.45) is 0 Å². The number of ketones is 1. The molecule has 0 unspecified atom stereocenters. The molecular weight excluding hydrogens is 331 g/mol. The van der Waals surface area contributed by atoms with E-state index in [9.17, 15) is 4.79 Å². The fourth-order valence-corrected chi connectivity index (χ4v) is 2.51. The quantitative estimate of drug-likeness (QED) is 0.420. The Hall–Kier alpha value is -2.29. The molecule has 114 valence electrons. The third-order valence-corrected chi connectivity index (χ3v) is 3.84. The van der Waals surface area contributed by atoms with E-state index in [-0.39, 0.29) is 5.78 Å². The molecule has 0 N–H and O–H groups in total. The van der Waals surface area contributed by atoms with Gasteiger partial charge in [0.05, 0.1) is 5.02 Å².